The Morgan fingerprint density at radius 3 is 2.92 bits per heavy atom. The molecule has 12 heavy (non-hydrogen) atoms. The van der Waals surface area contributed by atoms with Crippen LogP contribution in [-0.4, -0.2) is 11.0 Å². The molecule has 0 spiro atoms. The summed E-state index contributed by atoms with van der Waals surface area (Å²) >= 11 is 4.71. The van der Waals surface area contributed by atoms with Crippen molar-refractivity contribution in [2.75, 3.05) is 0 Å². The number of hydrogen-bond donors (Lipinski definition) is 0. The number of carbonyl (C=O) groups is 1. The van der Waals surface area contributed by atoms with Crippen LogP contribution < -0.4 is 4.74 Å². The zero-order valence-corrected chi connectivity index (χ0v) is 9.16. The lowest BCUT2D eigenvalue weighted by Gasteiger charge is -1.96. The fourth-order valence-corrected chi connectivity index (χ4v) is 2.15. The van der Waals surface area contributed by atoms with Crippen LogP contribution in [0.1, 0.15) is 18.7 Å². The van der Waals surface area contributed by atoms with E-state index in [1.165, 1.54) is 18.3 Å². The molecule has 0 saturated carbocycles. The molecule has 0 aliphatic rings. The third-order valence-electron chi connectivity index (χ3n) is 1.20. The van der Waals surface area contributed by atoms with Crippen molar-refractivity contribution in [3.8, 4) is 5.88 Å². The number of hydrogen-bond acceptors (Lipinski definition) is 4. The molecule has 0 saturated heterocycles. The SMILES string of the molecule is CCc1sc(Br)nc1OC(C)=O. The van der Waals surface area contributed by atoms with Crippen molar-refractivity contribution in [2.45, 2.75) is 20.3 Å². The summed E-state index contributed by atoms with van der Waals surface area (Å²) in [6.07, 6.45) is 0.825. The average Bonchev–Trinajstić information content (AvgIpc) is 2.29. The van der Waals surface area contributed by atoms with Crippen LogP contribution in [0.4, 0.5) is 0 Å². The van der Waals surface area contributed by atoms with Gasteiger partial charge in [0.2, 0.25) is 5.88 Å². The molecule has 0 aliphatic heterocycles. The Bertz CT molecular complexity index is 298. The van der Waals surface area contributed by atoms with Gasteiger partial charge >= 0.3 is 5.97 Å². The fraction of sp³-hybridized carbons (Fsp3) is 0.429. The zero-order valence-electron chi connectivity index (χ0n) is 6.76. The number of rotatable bonds is 2. The second kappa shape index (κ2) is 4.00. The molecule has 0 radical (unpaired) electrons. The number of esters is 1. The molecule has 1 rings (SSSR count). The third kappa shape index (κ3) is 2.28. The van der Waals surface area contributed by atoms with E-state index in [1.54, 1.807) is 0 Å². The molecule has 1 heterocycles. The molecular formula is C7H8BrNO2S. The van der Waals surface area contributed by atoms with Gasteiger partial charge in [-0.15, -0.1) is 11.3 Å². The highest BCUT2D eigenvalue weighted by molar-refractivity contribution is 9.11. The van der Waals surface area contributed by atoms with Gasteiger partial charge in [-0.05, 0) is 22.4 Å². The van der Waals surface area contributed by atoms with Crippen LogP contribution in [0.15, 0.2) is 3.92 Å². The third-order valence-corrected chi connectivity index (χ3v) is 2.83. The number of nitrogens with zero attached hydrogens (tertiary/aromatic N) is 1. The number of carbonyl (C=O) groups excluding carboxylic acids is 1. The summed E-state index contributed by atoms with van der Waals surface area (Å²) in [5.74, 6) is 0.101. The molecule has 66 valence electrons. The summed E-state index contributed by atoms with van der Waals surface area (Å²) in [7, 11) is 0. The van der Waals surface area contributed by atoms with E-state index in [-0.39, 0.29) is 5.97 Å². The minimum atomic E-state index is -0.331. The van der Waals surface area contributed by atoms with Gasteiger partial charge in [-0.25, -0.2) is 0 Å². The van der Waals surface area contributed by atoms with Gasteiger partial charge in [0.05, 0.1) is 4.88 Å². The summed E-state index contributed by atoms with van der Waals surface area (Å²) in [4.78, 5) is 15.6. The van der Waals surface area contributed by atoms with E-state index in [1.807, 2.05) is 6.92 Å². The molecule has 0 amide bonds. The molecule has 3 nitrogen and oxygen atoms in total. The quantitative estimate of drug-likeness (QED) is 0.756. The van der Waals surface area contributed by atoms with Crippen LogP contribution in [0.3, 0.4) is 0 Å². The number of ether oxygens (including phenoxy) is 1. The Morgan fingerprint density at radius 1 is 1.75 bits per heavy atom. The summed E-state index contributed by atoms with van der Waals surface area (Å²) in [6, 6.07) is 0. The normalized spacial score (nSPS) is 9.92. The van der Waals surface area contributed by atoms with E-state index in [4.69, 9.17) is 4.74 Å². The maximum absolute atomic E-state index is 10.6. The van der Waals surface area contributed by atoms with Crippen LogP contribution in [0.25, 0.3) is 0 Å². The number of aryl methyl sites for hydroxylation is 1. The van der Waals surface area contributed by atoms with E-state index in [2.05, 4.69) is 20.9 Å². The lowest BCUT2D eigenvalue weighted by molar-refractivity contribution is -0.132. The Morgan fingerprint density at radius 2 is 2.42 bits per heavy atom. The Labute approximate surface area is 82.9 Å². The van der Waals surface area contributed by atoms with Crippen molar-refractivity contribution in [2.24, 2.45) is 0 Å². The second-order valence-electron chi connectivity index (χ2n) is 2.14. The molecule has 0 aromatic carbocycles. The van der Waals surface area contributed by atoms with E-state index in [0.29, 0.717) is 5.88 Å². The maximum atomic E-state index is 10.6. The Kier molecular flexibility index (Phi) is 3.22. The average molecular weight is 250 g/mol. The monoisotopic (exact) mass is 249 g/mol. The van der Waals surface area contributed by atoms with Crippen molar-refractivity contribution in [3.63, 3.8) is 0 Å². The van der Waals surface area contributed by atoms with E-state index < -0.39 is 0 Å². The Hall–Kier alpha value is -0.420. The summed E-state index contributed by atoms with van der Waals surface area (Å²) in [5.41, 5.74) is 0. The van der Waals surface area contributed by atoms with Crippen LogP contribution >= 0.6 is 27.3 Å². The number of aromatic nitrogens is 1. The first-order valence-corrected chi connectivity index (χ1v) is 5.08. The van der Waals surface area contributed by atoms with Crippen molar-refractivity contribution in [1.29, 1.82) is 0 Å². The van der Waals surface area contributed by atoms with Gasteiger partial charge in [0.15, 0.2) is 3.92 Å². The van der Waals surface area contributed by atoms with Crippen LogP contribution in [0, 0.1) is 0 Å². The molecule has 0 atom stereocenters. The summed E-state index contributed by atoms with van der Waals surface area (Å²) in [6.45, 7) is 3.36. The first-order valence-electron chi connectivity index (χ1n) is 3.47. The second-order valence-corrected chi connectivity index (χ2v) is 4.50. The van der Waals surface area contributed by atoms with Crippen molar-refractivity contribution in [1.82, 2.24) is 4.98 Å². The van der Waals surface area contributed by atoms with Gasteiger partial charge in [0.1, 0.15) is 0 Å². The van der Waals surface area contributed by atoms with Gasteiger partial charge in [-0.3, -0.25) is 4.79 Å². The number of halogens is 1. The standard InChI is InChI=1S/C7H8BrNO2S/c1-3-5-6(11-4(2)10)9-7(8)12-5/h3H2,1-2H3. The van der Waals surface area contributed by atoms with Gasteiger partial charge in [0, 0.05) is 6.92 Å². The predicted octanol–water partition coefficient (Wildman–Crippen LogP) is 2.39. The summed E-state index contributed by atoms with van der Waals surface area (Å²) in [5, 5.41) is 0. The minimum Gasteiger partial charge on any atom is -0.406 e. The van der Waals surface area contributed by atoms with E-state index >= 15 is 0 Å². The lowest BCUT2D eigenvalue weighted by atomic mass is 10.4. The highest BCUT2D eigenvalue weighted by Gasteiger charge is 2.10. The van der Waals surface area contributed by atoms with Gasteiger partial charge in [-0.1, -0.05) is 6.92 Å². The lowest BCUT2D eigenvalue weighted by Crippen LogP contribution is -2.02. The first-order chi connectivity index (χ1) is 5.63. The van der Waals surface area contributed by atoms with Crippen molar-refractivity contribution >= 4 is 33.2 Å². The first kappa shape index (κ1) is 9.67. The minimum absolute atomic E-state index is 0.331. The summed E-state index contributed by atoms with van der Waals surface area (Å²) < 4.78 is 5.63. The van der Waals surface area contributed by atoms with Crippen LogP contribution in [0.5, 0.6) is 5.88 Å². The fourth-order valence-electron chi connectivity index (χ4n) is 0.750. The van der Waals surface area contributed by atoms with Crippen molar-refractivity contribution in [3.05, 3.63) is 8.79 Å². The highest BCUT2D eigenvalue weighted by atomic mass is 79.9. The van der Waals surface area contributed by atoms with E-state index in [9.17, 15) is 4.79 Å². The Balaban J connectivity index is 2.89. The van der Waals surface area contributed by atoms with Gasteiger partial charge in [0.25, 0.3) is 0 Å². The number of thiazole rings is 1. The molecule has 0 bridgehead atoms. The predicted molar refractivity (Wildman–Crippen MR) is 50.5 cm³/mol. The van der Waals surface area contributed by atoms with Crippen LogP contribution in [-0.2, 0) is 11.2 Å². The smallest absolute Gasteiger partial charge is 0.309 e. The zero-order chi connectivity index (χ0) is 9.14. The molecule has 0 fully saturated rings. The molecule has 0 N–H and O–H groups in total. The molecule has 1 aromatic heterocycles. The molecule has 5 heteroatoms. The molecular weight excluding hydrogens is 242 g/mol. The largest absolute Gasteiger partial charge is 0.406 e. The molecule has 0 aliphatic carbocycles. The highest BCUT2D eigenvalue weighted by Crippen LogP contribution is 2.29. The van der Waals surface area contributed by atoms with Crippen LogP contribution in [0.2, 0.25) is 0 Å². The topological polar surface area (TPSA) is 39.2 Å². The molecule has 0 unspecified atom stereocenters. The van der Waals surface area contributed by atoms with Gasteiger partial charge < -0.3 is 4.74 Å². The molecule has 1 aromatic rings. The van der Waals surface area contributed by atoms with Gasteiger partial charge in [-0.2, -0.15) is 4.98 Å². The van der Waals surface area contributed by atoms with Crippen molar-refractivity contribution < 1.29 is 9.53 Å². The maximum Gasteiger partial charge on any atom is 0.309 e. The van der Waals surface area contributed by atoms with E-state index in [0.717, 1.165) is 15.2 Å².